The number of carbonyl (C=O) groups excluding carboxylic acids is 4. The molecule has 0 aliphatic rings. The van der Waals surface area contributed by atoms with E-state index in [0.29, 0.717) is 12.0 Å². The monoisotopic (exact) mass is 506 g/mol. The Kier molecular flexibility index (Phi) is 12.4. The van der Waals surface area contributed by atoms with Crippen molar-refractivity contribution in [1.82, 2.24) is 16.0 Å². The number of hydrogen-bond acceptors (Lipinski definition) is 7. The van der Waals surface area contributed by atoms with Crippen LogP contribution >= 0.6 is 0 Å². The molecule has 4 unspecified atom stereocenters. The summed E-state index contributed by atoms with van der Waals surface area (Å²) in [5.41, 5.74) is 22.0. The molecule has 1 rings (SSSR count). The van der Waals surface area contributed by atoms with Gasteiger partial charge in [-0.15, -0.1) is 0 Å². The molecule has 198 valence electrons. The topological polar surface area (TPSA) is 258 Å². The van der Waals surface area contributed by atoms with E-state index in [2.05, 4.69) is 20.9 Å². The van der Waals surface area contributed by atoms with Gasteiger partial charge in [0.1, 0.15) is 18.1 Å². The van der Waals surface area contributed by atoms with Crippen LogP contribution in [0.15, 0.2) is 35.3 Å². The molecule has 0 aliphatic carbocycles. The van der Waals surface area contributed by atoms with Gasteiger partial charge in [-0.1, -0.05) is 30.3 Å². The molecule has 14 heteroatoms. The van der Waals surface area contributed by atoms with Crippen molar-refractivity contribution >= 4 is 35.6 Å². The number of amides is 4. The third-order valence-corrected chi connectivity index (χ3v) is 4.99. The van der Waals surface area contributed by atoms with Crippen LogP contribution in [0.1, 0.15) is 31.7 Å². The van der Waals surface area contributed by atoms with E-state index >= 15 is 0 Å². The third-order valence-electron chi connectivity index (χ3n) is 4.99. The van der Waals surface area contributed by atoms with Crippen molar-refractivity contribution in [2.24, 2.45) is 27.9 Å². The van der Waals surface area contributed by atoms with Crippen molar-refractivity contribution in [3.63, 3.8) is 0 Å². The lowest BCUT2D eigenvalue weighted by molar-refractivity contribution is -0.142. The van der Waals surface area contributed by atoms with E-state index < -0.39 is 60.2 Å². The SMILES string of the molecule is CC(NC(=O)C(CCCN=C(N)N)NC(=O)C(N)CC(N)=O)C(=O)NC(Cc1ccccc1)C(=O)O. The molecule has 0 heterocycles. The Labute approximate surface area is 208 Å². The molecule has 14 nitrogen and oxygen atoms in total. The highest BCUT2D eigenvalue weighted by atomic mass is 16.4. The Morgan fingerprint density at radius 1 is 0.917 bits per heavy atom. The summed E-state index contributed by atoms with van der Waals surface area (Å²) < 4.78 is 0. The number of carboxylic acid groups (broad SMARTS) is 1. The van der Waals surface area contributed by atoms with Gasteiger partial charge in [-0.2, -0.15) is 0 Å². The van der Waals surface area contributed by atoms with Crippen LogP contribution in [0.4, 0.5) is 0 Å². The number of guanidine groups is 1. The first-order valence-electron chi connectivity index (χ1n) is 11.2. The second kappa shape index (κ2) is 14.9. The first-order valence-corrected chi connectivity index (χ1v) is 11.2. The van der Waals surface area contributed by atoms with E-state index in [0.717, 1.165) is 0 Å². The maximum absolute atomic E-state index is 12.8. The first-order chi connectivity index (χ1) is 16.9. The number of nitrogens with two attached hydrogens (primary N) is 4. The van der Waals surface area contributed by atoms with E-state index in [9.17, 15) is 29.1 Å². The number of aliphatic carboxylic acids is 1. The van der Waals surface area contributed by atoms with Crippen LogP contribution < -0.4 is 38.9 Å². The molecular weight excluding hydrogens is 472 g/mol. The van der Waals surface area contributed by atoms with Crippen molar-refractivity contribution in [2.45, 2.75) is 56.8 Å². The van der Waals surface area contributed by atoms with E-state index in [-0.39, 0.29) is 25.3 Å². The van der Waals surface area contributed by atoms with Crippen molar-refractivity contribution in [1.29, 1.82) is 0 Å². The van der Waals surface area contributed by atoms with E-state index in [1.165, 1.54) is 6.92 Å². The van der Waals surface area contributed by atoms with Gasteiger partial charge in [-0.3, -0.25) is 24.2 Å². The predicted octanol–water partition coefficient (Wildman–Crippen LogP) is -2.96. The number of aliphatic imine (C=N–C) groups is 1. The van der Waals surface area contributed by atoms with Crippen LogP contribution in [0, 0.1) is 0 Å². The van der Waals surface area contributed by atoms with Crippen LogP contribution in [0.2, 0.25) is 0 Å². The maximum Gasteiger partial charge on any atom is 0.326 e. The number of primary amides is 1. The van der Waals surface area contributed by atoms with Crippen LogP contribution in [-0.2, 0) is 30.4 Å². The summed E-state index contributed by atoms with van der Waals surface area (Å²) in [6, 6.07) is 3.96. The van der Waals surface area contributed by atoms with Gasteiger partial charge in [0.2, 0.25) is 23.6 Å². The Morgan fingerprint density at radius 3 is 2.08 bits per heavy atom. The van der Waals surface area contributed by atoms with Crippen LogP contribution in [0.3, 0.4) is 0 Å². The molecule has 0 aromatic heterocycles. The third kappa shape index (κ3) is 11.3. The summed E-state index contributed by atoms with van der Waals surface area (Å²) in [6.07, 6.45) is -0.00736. The number of rotatable bonds is 15. The molecule has 4 atom stereocenters. The summed E-state index contributed by atoms with van der Waals surface area (Å²) >= 11 is 0. The molecule has 1 aromatic rings. The summed E-state index contributed by atoms with van der Waals surface area (Å²) in [6.45, 7) is 1.54. The highest BCUT2D eigenvalue weighted by Crippen LogP contribution is 2.05. The van der Waals surface area contributed by atoms with Crippen LogP contribution in [0.5, 0.6) is 0 Å². The second-order valence-electron chi connectivity index (χ2n) is 8.11. The van der Waals surface area contributed by atoms with Crippen molar-refractivity contribution in [3.8, 4) is 0 Å². The highest BCUT2D eigenvalue weighted by Gasteiger charge is 2.28. The Bertz CT molecular complexity index is 951. The van der Waals surface area contributed by atoms with Crippen LogP contribution in [-0.4, -0.2) is 71.4 Å². The lowest BCUT2D eigenvalue weighted by Crippen LogP contribution is -2.56. The number of benzene rings is 1. The molecule has 4 amide bonds. The van der Waals surface area contributed by atoms with Crippen LogP contribution in [0.25, 0.3) is 0 Å². The number of carboxylic acids is 1. The van der Waals surface area contributed by atoms with Gasteiger partial charge in [0, 0.05) is 13.0 Å². The smallest absolute Gasteiger partial charge is 0.326 e. The summed E-state index contributed by atoms with van der Waals surface area (Å²) in [5.74, 6) is -4.42. The van der Waals surface area contributed by atoms with Gasteiger partial charge in [-0.05, 0) is 25.3 Å². The zero-order valence-corrected chi connectivity index (χ0v) is 20.0. The molecule has 0 fully saturated rings. The molecule has 0 saturated heterocycles. The van der Waals surface area contributed by atoms with E-state index in [1.54, 1.807) is 30.3 Å². The van der Waals surface area contributed by atoms with E-state index in [4.69, 9.17) is 22.9 Å². The molecule has 36 heavy (non-hydrogen) atoms. The van der Waals surface area contributed by atoms with E-state index in [1.807, 2.05) is 0 Å². The summed E-state index contributed by atoms with van der Waals surface area (Å²) in [4.78, 5) is 64.2. The maximum atomic E-state index is 12.8. The largest absolute Gasteiger partial charge is 0.480 e. The van der Waals surface area contributed by atoms with Gasteiger partial charge < -0.3 is 44.0 Å². The minimum absolute atomic E-state index is 0.0454. The standard InChI is InChI=1S/C22H34N8O6/c1-12(18(32)30-16(21(35)36)10-13-6-3-2-4-7-13)28-20(34)15(8-5-9-27-22(25)26)29-19(33)14(23)11-17(24)31/h2-4,6-7,12,14-16H,5,8-11,23H2,1H3,(H2,24,31)(H,28,34)(H,29,33)(H,30,32)(H,35,36)(H4,25,26,27). The molecule has 1 aromatic carbocycles. The van der Waals surface area contributed by atoms with Gasteiger partial charge in [0.15, 0.2) is 5.96 Å². The first kappa shape index (κ1) is 29.8. The second-order valence-corrected chi connectivity index (χ2v) is 8.11. The lowest BCUT2D eigenvalue weighted by Gasteiger charge is -2.23. The van der Waals surface area contributed by atoms with Gasteiger partial charge in [-0.25, -0.2) is 4.79 Å². The quantitative estimate of drug-likeness (QED) is 0.0685. The Balaban J connectivity index is 2.83. The number of hydrogen-bond donors (Lipinski definition) is 8. The molecule has 0 spiro atoms. The highest BCUT2D eigenvalue weighted by molar-refractivity contribution is 5.94. The predicted molar refractivity (Wildman–Crippen MR) is 131 cm³/mol. The number of nitrogens with one attached hydrogen (secondary N) is 3. The lowest BCUT2D eigenvalue weighted by atomic mass is 10.1. The Hall–Kier alpha value is -4.20. The molecule has 0 radical (unpaired) electrons. The van der Waals surface area contributed by atoms with Crippen molar-refractivity contribution in [2.75, 3.05) is 6.54 Å². The van der Waals surface area contributed by atoms with Gasteiger partial charge in [0.25, 0.3) is 0 Å². The van der Waals surface area contributed by atoms with Crippen molar-refractivity contribution < 1.29 is 29.1 Å². The molecule has 0 aliphatic heterocycles. The molecule has 12 N–H and O–H groups in total. The molecular formula is C22H34N8O6. The summed E-state index contributed by atoms with van der Waals surface area (Å²) in [7, 11) is 0. The zero-order valence-electron chi connectivity index (χ0n) is 20.0. The fraction of sp³-hybridized carbons (Fsp3) is 0.455. The van der Waals surface area contributed by atoms with Gasteiger partial charge in [0.05, 0.1) is 12.5 Å². The van der Waals surface area contributed by atoms with Crippen molar-refractivity contribution in [3.05, 3.63) is 35.9 Å². The fourth-order valence-electron chi connectivity index (χ4n) is 3.09. The average molecular weight is 507 g/mol. The van der Waals surface area contributed by atoms with Gasteiger partial charge >= 0.3 is 5.97 Å². The number of carbonyl (C=O) groups is 5. The summed E-state index contributed by atoms with van der Waals surface area (Å²) in [5, 5.41) is 16.8. The normalized spacial score (nSPS) is 13.8. The molecule has 0 bridgehead atoms. The number of nitrogens with zero attached hydrogens (tertiary/aromatic N) is 1. The minimum atomic E-state index is -1.27. The fourth-order valence-corrected chi connectivity index (χ4v) is 3.09. The molecule has 0 saturated carbocycles. The minimum Gasteiger partial charge on any atom is -0.480 e. The Morgan fingerprint density at radius 2 is 1.53 bits per heavy atom. The average Bonchev–Trinajstić information content (AvgIpc) is 2.80. The zero-order chi connectivity index (χ0) is 27.3.